The molecule has 1 saturated heterocycles. The predicted octanol–water partition coefficient (Wildman–Crippen LogP) is 2.09. The molecule has 138 valence electrons. The molecule has 0 atom stereocenters. The van der Waals surface area contributed by atoms with E-state index in [1.807, 2.05) is 23.6 Å². The fraction of sp³-hybridized carbons (Fsp3) is 0.368. The number of nitrogens with one attached hydrogen (secondary N) is 1. The van der Waals surface area contributed by atoms with Gasteiger partial charge in [0.2, 0.25) is 0 Å². The molecular weight excluding hydrogens is 350 g/mol. The first-order chi connectivity index (χ1) is 12.7. The number of hydrogen-bond donors (Lipinski definition) is 1. The third kappa shape index (κ3) is 4.49. The van der Waals surface area contributed by atoms with Crippen LogP contribution in [0.1, 0.15) is 20.0 Å². The summed E-state index contributed by atoms with van der Waals surface area (Å²) < 4.78 is 5.33. The number of para-hydroxylation sites is 1. The number of thiophene rings is 1. The molecule has 1 aliphatic rings. The van der Waals surface area contributed by atoms with Crippen LogP contribution in [0, 0.1) is 0 Å². The zero-order valence-corrected chi connectivity index (χ0v) is 15.6. The monoisotopic (exact) mass is 373 g/mol. The number of morpholine rings is 1. The van der Waals surface area contributed by atoms with E-state index in [2.05, 4.69) is 10.2 Å². The number of nitrogens with zero attached hydrogens (tertiary/aromatic N) is 2. The Morgan fingerprint density at radius 3 is 2.69 bits per heavy atom. The lowest BCUT2D eigenvalue weighted by Crippen LogP contribution is -2.41. The predicted molar refractivity (Wildman–Crippen MR) is 103 cm³/mol. The van der Waals surface area contributed by atoms with E-state index in [1.165, 1.54) is 16.2 Å². The normalized spacial score (nSPS) is 14.8. The molecule has 1 aromatic heterocycles. The van der Waals surface area contributed by atoms with Crippen molar-refractivity contribution < 1.29 is 14.3 Å². The highest BCUT2D eigenvalue weighted by molar-refractivity contribution is 7.12. The molecular formula is C19H23N3O3S. The number of amides is 2. The van der Waals surface area contributed by atoms with Crippen molar-refractivity contribution in [3.05, 3.63) is 52.2 Å². The van der Waals surface area contributed by atoms with Gasteiger partial charge in [-0.25, -0.2) is 0 Å². The van der Waals surface area contributed by atoms with Crippen molar-refractivity contribution >= 4 is 28.8 Å². The highest BCUT2D eigenvalue weighted by Gasteiger charge is 2.20. The molecule has 3 rings (SSSR count). The van der Waals surface area contributed by atoms with Gasteiger partial charge in [0.05, 0.1) is 29.3 Å². The second-order valence-corrected chi connectivity index (χ2v) is 7.02. The standard InChI is InChI=1S/C19H23N3O3S/c1-21(19(24)17-7-4-14-26-17)16-6-3-2-5-15(16)18(23)20-8-9-22-10-12-25-13-11-22/h2-7,14H,8-13H2,1H3,(H,20,23). The number of hydrogen-bond acceptors (Lipinski definition) is 5. The lowest BCUT2D eigenvalue weighted by Gasteiger charge is -2.26. The maximum atomic E-state index is 12.6. The molecule has 1 fully saturated rings. The Hall–Kier alpha value is -2.22. The number of carbonyl (C=O) groups is 2. The average Bonchev–Trinajstić information content (AvgIpc) is 3.22. The molecule has 1 aromatic carbocycles. The molecule has 0 spiro atoms. The molecule has 2 aromatic rings. The van der Waals surface area contributed by atoms with Crippen molar-refractivity contribution in [2.75, 3.05) is 51.3 Å². The fourth-order valence-electron chi connectivity index (χ4n) is 2.88. The Labute approximate surface area is 157 Å². The van der Waals surface area contributed by atoms with Crippen LogP contribution in [-0.4, -0.2) is 63.2 Å². The second-order valence-electron chi connectivity index (χ2n) is 6.07. The van der Waals surface area contributed by atoms with E-state index in [-0.39, 0.29) is 11.8 Å². The lowest BCUT2D eigenvalue weighted by molar-refractivity contribution is 0.0383. The SMILES string of the molecule is CN(C(=O)c1cccs1)c1ccccc1C(=O)NCCN1CCOCC1. The number of rotatable bonds is 6. The van der Waals surface area contributed by atoms with Gasteiger partial charge in [-0.1, -0.05) is 18.2 Å². The van der Waals surface area contributed by atoms with Crippen molar-refractivity contribution in [1.29, 1.82) is 0 Å². The van der Waals surface area contributed by atoms with Gasteiger partial charge in [0.15, 0.2) is 0 Å². The van der Waals surface area contributed by atoms with Crippen molar-refractivity contribution in [2.24, 2.45) is 0 Å². The van der Waals surface area contributed by atoms with Gasteiger partial charge in [0.1, 0.15) is 0 Å². The minimum atomic E-state index is -0.167. The molecule has 1 N–H and O–H groups in total. The Morgan fingerprint density at radius 1 is 1.19 bits per heavy atom. The molecule has 7 heteroatoms. The minimum Gasteiger partial charge on any atom is -0.379 e. The Balaban J connectivity index is 1.64. The molecule has 0 saturated carbocycles. The van der Waals surface area contributed by atoms with Crippen LogP contribution in [0.4, 0.5) is 5.69 Å². The first kappa shape index (κ1) is 18.6. The number of benzene rings is 1. The zero-order valence-electron chi connectivity index (χ0n) is 14.8. The van der Waals surface area contributed by atoms with Gasteiger partial charge in [0, 0.05) is 33.2 Å². The van der Waals surface area contributed by atoms with Crippen LogP contribution in [0.5, 0.6) is 0 Å². The summed E-state index contributed by atoms with van der Waals surface area (Å²) in [6.07, 6.45) is 0. The number of carbonyl (C=O) groups excluding carboxylic acids is 2. The number of anilines is 1. The van der Waals surface area contributed by atoms with Crippen molar-refractivity contribution in [3.8, 4) is 0 Å². The molecule has 2 amide bonds. The summed E-state index contributed by atoms with van der Waals surface area (Å²) in [5.74, 6) is -0.284. The van der Waals surface area contributed by atoms with Gasteiger partial charge in [-0.15, -0.1) is 11.3 Å². The minimum absolute atomic E-state index is 0.117. The van der Waals surface area contributed by atoms with Crippen LogP contribution in [0.15, 0.2) is 41.8 Å². The molecule has 6 nitrogen and oxygen atoms in total. The van der Waals surface area contributed by atoms with Crippen molar-refractivity contribution in [3.63, 3.8) is 0 Å². The van der Waals surface area contributed by atoms with Crippen LogP contribution in [0.2, 0.25) is 0 Å². The Kier molecular flexibility index (Phi) is 6.38. The largest absolute Gasteiger partial charge is 0.379 e. The summed E-state index contributed by atoms with van der Waals surface area (Å²) in [5.41, 5.74) is 1.11. The van der Waals surface area contributed by atoms with Gasteiger partial charge < -0.3 is 15.0 Å². The Morgan fingerprint density at radius 2 is 1.96 bits per heavy atom. The van der Waals surface area contributed by atoms with Gasteiger partial charge in [-0.2, -0.15) is 0 Å². The zero-order chi connectivity index (χ0) is 18.4. The molecule has 0 radical (unpaired) electrons. The molecule has 2 heterocycles. The molecule has 0 bridgehead atoms. The Bertz CT molecular complexity index is 742. The van der Waals surface area contributed by atoms with Crippen molar-refractivity contribution in [2.45, 2.75) is 0 Å². The summed E-state index contributed by atoms with van der Waals surface area (Å²) in [4.78, 5) is 29.7. The van der Waals surface area contributed by atoms with E-state index in [1.54, 1.807) is 25.2 Å². The van der Waals surface area contributed by atoms with Crippen LogP contribution >= 0.6 is 11.3 Å². The smallest absolute Gasteiger partial charge is 0.268 e. The number of ether oxygens (including phenoxy) is 1. The van der Waals surface area contributed by atoms with E-state index in [0.29, 0.717) is 22.7 Å². The summed E-state index contributed by atoms with van der Waals surface area (Å²) in [5, 5.41) is 4.82. The van der Waals surface area contributed by atoms with Crippen LogP contribution in [-0.2, 0) is 4.74 Å². The van der Waals surface area contributed by atoms with Crippen LogP contribution in [0.3, 0.4) is 0 Å². The topological polar surface area (TPSA) is 61.9 Å². The second kappa shape index (κ2) is 8.93. The van der Waals surface area contributed by atoms with Gasteiger partial charge >= 0.3 is 0 Å². The van der Waals surface area contributed by atoms with Crippen molar-refractivity contribution in [1.82, 2.24) is 10.2 Å². The van der Waals surface area contributed by atoms with E-state index in [4.69, 9.17) is 4.74 Å². The quantitative estimate of drug-likeness (QED) is 0.842. The van der Waals surface area contributed by atoms with Gasteiger partial charge in [-0.05, 0) is 23.6 Å². The van der Waals surface area contributed by atoms with Crippen LogP contribution in [0.25, 0.3) is 0 Å². The third-order valence-electron chi connectivity index (χ3n) is 4.36. The molecule has 0 aliphatic carbocycles. The molecule has 0 unspecified atom stereocenters. The lowest BCUT2D eigenvalue weighted by atomic mass is 10.1. The van der Waals surface area contributed by atoms with Gasteiger partial charge in [0.25, 0.3) is 11.8 Å². The fourth-order valence-corrected chi connectivity index (χ4v) is 3.58. The highest BCUT2D eigenvalue weighted by Crippen LogP contribution is 2.22. The average molecular weight is 373 g/mol. The first-order valence-corrected chi connectivity index (χ1v) is 9.53. The van der Waals surface area contributed by atoms with E-state index in [9.17, 15) is 9.59 Å². The van der Waals surface area contributed by atoms with E-state index < -0.39 is 0 Å². The maximum absolute atomic E-state index is 12.6. The van der Waals surface area contributed by atoms with Crippen LogP contribution < -0.4 is 10.2 Å². The molecule has 26 heavy (non-hydrogen) atoms. The summed E-state index contributed by atoms with van der Waals surface area (Å²) in [6, 6.07) is 10.8. The van der Waals surface area contributed by atoms with E-state index in [0.717, 1.165) is 32.8 Å². The first-order valence-electron chi connectivity index (χ1n) is 8.65. The third-order valence-corrected chi connectivity index (χ3v) is 5.22. The summed E-state index contributed by atoms with van der Waals surface area (Å²) in [6.45, 7) is 4.63. The highest BCUT2D eigenvalue weighted by atomic mass is 32.1. The molecule has 1 aliphatic heterocycles. The summed E-state index contributed by atoms with van der Waals surface area (Å²) >= 11 is 1.39. The maximum Gasteiger partial charge on any atom is 0.268 e. The van der Waals surface area contributed by atoms with E-state index >= 15 is 0 Å². The summed E-state index contributed by atoms with van der Waals surface area (Å²) in [7, 11) is 1.70. The van der Waals surface area contributed by atoms with Gasteiger partial charge in [-0.3, -0.25) is 14.5 Å².